The first-order valence-corrected chi connectivity index (χ1v) is 12.0. The van der Waals surface area contributed by atoms with Crippen LogP contribution in [0.5, 0.6) is 0 Å². The molecule has 0 aliphatic heterocycles. The molecule has 0 radical (unpaired) electrons. The molecule has 3 heteroatoms. The van der Waals surface area contributed by atoms with Gasteiger partial charge in [-0.05, 0) is 0 Å². The van der Waals surface area contributed by atoms with Crippen LogP contribution in [-0.2, 0) is 3.83 Å². The third-order valence-electron chi connectivity index (χ3n) is 0.664. The van der Waals surface area contributed by atoms with Crippen LogP contribution < -0.4 is 0 Å². The second-order valence-corrected chi connectivity index (χ2v) is 12.1. The predicted molar refractivity (Wildman–Crippen MR) is 27.3 cm³/mol. The Morgan fingerprint density at radius 1 is 1.67 bits per heavy atom. The van der Waals surface area contributed by atoms with Gasteiger partial charge < -0.3 is 0 Å². The fourth-order valence-corrected chi connectivity index (χ4v) is 0. The minimum atomic E-state index is -1.20. The van der Waals surface area contributed by atoms with Crippen molar-refractivity contribution in [3.05, 3.63) is 0 Å². The summed E-state index contributed by atoms with van der Waals surface area (Å²) in [5.74, 6) is 0. The molecule has 1 nitrogen and oxygen atoms in total. The monoisotopic (exact) mass is 178 g/mol. The minimum absolute atomic E-state index is 0.505. The van der Waals surface area contributed by atoms with Crippen molar-refractivity contribution in [3.8, 4) is 0 Å². The summed E-state index contributed by atoms with van der Waals surface area (Å²) in [7, 11) is 0. The van der Waals surface area contributed by atoms with Gasteiger partial charge in [-0.2, -0.15) is 0 Å². The number of hydrogen-bond donors (Lipinski definition) is 0. The Kier molecular flexibility index (Phi) is 5.17. The topological polar surface area (TPSA) is 17.1 Å². The standard InChI is InChI=1S/C3H7OSe.K/c1-3(2)5-4;/h3H,1-2H3;/q+1;-1. The van der Waals surface area contributed by atoms with Crippen molar-refractivity contribution in [3.63, 3.8) is 0 Å². The molecule has 0 aromatic rings. The van der Waals surface area contributed by atoms with Gasteiger partial charge in [-0.25, -0.2) is 0 Å². The van der Waals surface area contributed by atoms with Gasteiger partial charge in [-0.15, -0.1) is 0 Å². The molecule has 0 N–H and O–H groups in total. The first-order chi connectivity index (χ1) is 2.64. The molecular weight excluding hydrogens is 170 g/mol. The summed E-state index contributed by atoms with van der Waals surface area (Å²) in [6.07, 6.45) is 0. The van der Waals surface area contributed by atoms with E-state index in [1.807, 2.05) is 13.8 Å². The van der Waals surface area contributed by atoms with Gasteiger partial charge >= 0.3 is 72.4 Å². The van der Waals surface area contributed by atoms with Gasteiger partial charge in [-0.1, -0.05) is 0 Å². The summed E-state index contributed by atoms with van der Waals surface area (Å²) in [4.78, 5) is 0.505. The summed E-state index contributed by atoms with van der Waals surface area (Å²) in [6, 6.07) is 0. The molecule has 0 aliphatic carbocycles. The van der Waals surface area contributed by atoms with E-state index in [2.05, 4.69) is 0 Å². The molecule has 0 heterocycles. The Bertz CT molecular complexity index is 61.8. The zero-order chi connectivity index (χ0) is 5.15. The molecule has 0 saturated heterocycles. The van der Waals surface area contributed by atoms with Gasteiger partial charge in [-0.3, -0.25) is 0 Å². The summed E-state index contributed by atoms with van der Waals surface area (Å²) < 4.78 is 9.24. The van der Waals surface area contributed by atoms with Gasteiger partial charge in [0, 0.05) is 0 Å². The van der Waals surface area contributed by atoms with E-state index in [1.54, 1.807) is 0 Å². The van der Waals surface area contributed by atoms with E-state index in [9.17, 15) is 3.83 Å². The van der Waals surface area contributed by atoms with Gasteiger partial charge in [0.2, 0.25) is 0 Å². The van der Waals surface area contributed by atoms with Gasteiger partial charge in [0.25, 0.3) is 0 Å². The zero-order valence-electron chi connectivity index (χ0n) is 4.39. The molecule has 0 rings (SSSR count). The van der Waals surface area contributed by atoms with Crippen molar-refractivity contribution < 1.29 is 3.83 Å². The van der Waals surface area contributed by atoms with Crippen molar-refractivity contribution in [2.45, 2.75) is 18.7 Å². The maximum absolute atomic E-state index is 10.4. The fourth-order valence-electron chi connectivity index (χ4n) is 0. The molecular formula is C3H7KOSe. The van der Waals surface area contributed by atoms with Crippen LogP contribution in [0.1, 0.15) is 13.8 Å². The summed E-state index contributed by atoms with van der Waals surface area (Å²) in [6.45, 7) is 4.06. The van der Waals surface area contributed by atoms with Gasteiger partial charge in [0.15, 0.2) is 0 Å². The Morgan fingerprint density at radius 3 is 1.83 bits per heavy atom. The molecule has 6 heavy (non-hydrogen) atoms. The summed E-state index contributed by atoms with van der Waals surface area (Å²) >= 11 is 0.612. The quantitative estimate of drug-likeness (QED) is 0.532. The van der Waals surface area contributed by atoms with E-state index in [-0.39, 0.29) is 0 Å². The van der Waals surface area contributed by atoms with E-state index < -0.39 is 4.48 Å². The molecule has 0 aromatic carbocycles. The van der Waals surface area contributed by atoms with E-state index in [1.165, 1.54) is 0 Å². The van der Waals surface area contributed by atoms with E-state index in [0.29, 0.717) is 50.2 Å². The fraction of sp³-hybridized carbons (Fsp3) is 1.00. The average molecular weight is 177 g/mol. The normalized spacial score (nSPS) is 15.5. The van der Waals surface area contributed by atoms with Gasteiger partial charge in [0.05, 0.1) is 0 Å². The van der Waals surface area contributed by atoms with Crippen LogP contribution in [0.2, 0.25) is 4.82 Å². The molecule has 0 aliphatic rings. The predicted octanol–water partition coefficient (Wildman–Crippen LogP) is 0.484. The van der Waals surface area contributed by atoms with Crippen LogP contribution in [0.25, 0.3) is 0 Å². The van der Waals surface area contributed by atoms with Crippen LogP contribution in [0.15, 0.2) is 0 Å². The van der Waals surface area contributed by atoms with Crippen LogP contribution in [0.3, 0.4) is 0 Å². The van der Waals surface area contributed by atoms with Crippen molar-refractivity contribution >= 4 is 49.9 Å². The second-order valence-electron chi connectivity index (χ2n) is 1.55. The van der Waals surface area contributed by atoms with Crippen molar-refractivity contribution in [2.75, 3.05) is 0 Å². The Labute approximate surface area is 70.6 Å². The molecule has 0 fully saturated rings. The van der Waals surface area contributed by atoms with E-state index >= 15 is 0 Å². The van der Waals surface area contributed by atoms with Crippen LogP contribution in [0, 0.1) is 0 Å². The first kappa shape index (κ1) is 7.96. The Morgan fingerprint density at radius 2 is 1.83 bits per heavy atom. The van der Waals surface area contributed by atoms with Gasteiger partial charge in [0.1, 0.15) is 0 Å². The Balaban J connectivity index is 3.26. The molecule has 1 atom stereocenters. The van der Waals surface area contributed by atoms with Crippen LogP contribution in [-0.4, -0.2) is 49.9 Å². The molecule has 0 bridgehead atoms. The zero-order valence-corrected chi connectivity index (χ0v) is 9.23. The number of hydrogen-bond acceptors (Lipinski definition) is 1. The van der Waals surface area contributed by atoms with Crippen molar-refractivity contribution in [1.29, 1.82) is 0 Å². The average Bonchev–Trinajstić information content (AvgIpc) is 1.36. The van der Waals surface area contributed by atoms with Crippen molar-refractivity contribution in [2.24, 2.45) is 0 Å². The third kappa shape index (κ3) is 4.12. The summed E-state index contributed by atoms with van der Waals surface area (Å²) in [5, 5.41) is 0. The van der Waals surface area contributed by atoms with Crippen LogP contribution in [0.4, 0.5) is 0 Å². The molecule has 0 spiro atoms. The molecule has 1 unspecified atom stereocenters. The van der Waals surface area contributed by atoms with Crippen LogP contribution >= 0.6 is 0 Å². The maximum atomic E-state index is 10.4. The third-order valence-corrected chi connectivity index (χ3v) is 11.1. The number of rotatable bonds is 1. The molecule has 0 saturated carbocycles. The first-order valence-electron chi connectivity index (χ1n) is 1.97. The van der Waals surface area contributed by atoms with Crippen molar-refractivity contribution in [1.82, 2.24) is 0 Å². The van der Waals surface area contributed by atoms with E-state index in [4.69, 9.17) is 0 Å². The Hall–Kier alpha value is 1.96. The molecule has 0 aromatic heterocycles. The molecule has 32 valence electrons. The summed E-state index contributed by atoms with van der Waals surface area (Å²) in [5.41, 5.74) is 0. The molecule has 0 amide bonds. The second kappa shape index (κ2) is 3.90. The van der Waals surface area contributed by atoms with E-state index in [0.717, 1.165) is 0 Å². The SMILES string of the molecule is CC(C)[Se](=O)[K].